The number of methoxy groups -OCH3 is 2. The number of nitrogens with one attached hydrogen (secondary N) is 2. The molecule has 2 aromatic heterocycles. The van der Waals surface area contributed by atoms with Crippen molar-refractivity contribution in [2.45, 2.75) is 58.5 Å². The standard InChI is InChI=1S/C30H45N5O5Si2/c1-19-18-22-26(42(9,10)17-16-41(22,7)8)20(2)25(19)40-23-13-12-21(39-23)27(36)32-24-28(37-5)33-30(34-29(24)38-6)31-14-11-15-35(3)4/h12-13,18H,11,14-17H2,1-10H3,(H,32,36)(H,31,33,34). The second-order valence-corrected chi connectivity index (χ2v) is 22.1. The highest BCUT2D eigenvalue weighted by molar-refractivity contribution is 7.03. The van der Waals surface area contributed by atoms with Gasteiger partial charge in [0.05, 0.1) is 30.4 Å². The maximum Gasteiger partial charge on any atom is 0.291 e. The molecule has 0 radical (unpaired) electrons. The Morgan fingerprint density at radius 3 is 2.29 bits per heavy atom. The highest BCUT2D eigenvalue weighted by Crippen LogP contribution is 2.36. The van der Waals surface area contributed by atoms with Crippen LogP contribution >= 0.6 is 0 Å². The van der Waals surface area contributed by atoms with Crippen LogP contribution in [0.4, 0.5) is 11.6 Å². The number of hydrogen-bond acceptors (Lipinski definition) is 9. The number of ether oxygens (including phenoxy) is 3. The van der Waals surface area contributed by atoms with Gasteiger partial charge in [-0.15, -0.1) is 0 Å². The van der Waals surface area contributed by atoms with Crippen LogP contribution in [0.25, 0.3) is 0 Å². The number of rotatable bonds is 11. The van der Waals surface area contributed by atoms with E-state index in [0.717, 1.165) is 24.3 Å². The number of aryl methyl sites for hydroxylation is 1. The average Bonchev–Trinajstić information content (AvgIpc) is 3.40. The molecule has 1 aromatic carbocycles. The summed E-state index contributed by atoms with van der Waals surface area (Å²) in [6.07, 6.45) is 0.909. The van der Waals surface area contributed by atoms with Crippen molar-refractivity contribution in [1.29, 1.82) is 0 Å². The second kappa shape index (κ2) is 12.5. The molecule has 42 heavy (non-hydrogen) atoms. The molecule has 0 fully saturated rings. The predicted octanol–water partition coefficient (Wildman–Crippen LogP) is 4.96. The van der Waals surface area contributed by atoms with Gasteiger partial charge in [-0.2, -0.15) is 9.97 Å². The maximum atomic E-state index is 13.2. The van der Waals surface area contributed by atoms with Crippen molar-refractivity contribution in [2.75, 3.05) is 52.0 Å². The molecule has 0 aliphatic carbocycles. The minimum atomic E-state index is -1.59. The molecule has 1 aliphatic heterocycles. The summed E-state index contributed by atoms with van der Waals surface area (Å²) in [5.74, 6) is 1.34. The number of anilines is 2. The van der Waals surface area contributed by atoms with E-state index in [4.69, 9.17) is 18.6 Å². The third-order valence-corrected chi connectivity index (χ3v) is 15.6. The highest BCUT2D eigenvalue weighted by Gasteiger charge is 2.41. The number of aromatic nitrogens is 2. The first-order valence-corrected chi connectivity index (χ1v) is 20.8. The quantitative estimate of drug-likeness (QED) is 0.230. The van der Waals surface area contributed by atoms with Crippen LogP contribution in [0.15, 0.2) is 22.6 Å². The van der Waals surface area contributed by atoms with Gasteiger partial charge < -0.3 is 34.2 Å². The van der Waals surface area contributed by atoms with E-state index in [0.29, 0.717) is 12.5 Å². The molecular formula is C30H45N5O5Si2. The van der Waals surface area contributed by atoms with E-state index < -0.39 is 22.1 Å². The molecule has 2 N–H and O–H groups in total. The molecule has 3 heterocycles. The van der Waals surface area contributed by atoms with Gasteiger partial charge in [0.25, 0.3) is 11.9 Å². The number of fused-ring (bicyclic) bond motifs is 1. The Balaban J connectivity index is 1.54. The van der Waals surface area contributed by atoms with Crippen molar-refractivity contribution in [1.82, 2.24) is 14.9 Å². The van der Waals surface area contributed by atoms with Gasteiger partial charge in [-0.1, -0.05) is 54.7 Å². The molecule has 12 heteroatoms. The van der Waals surface area contributed by atoms with Crippen LogP contribution in [0.2, 0.25) is 38.3 Å². The van der Waals surface area contributed by atoms with Gasteiger partial charge in [0.15, 0.2) is 11.4 Å². The SMILES string of the molecule is COc1nc(NCCCN(C)C)nc(OC)c1NC(=O)c1ccc(Oc2c(C)cc3c(c2C)[Si](C)(C)CC[Si]3(C)C)o1. The summed E-state index contributed by atoms with van der Waals surface area (Å²) in [7, 11) is 3.91. The fourth-order valence-electron chi connectivity index (χ4n) is 5.68. The van der Waals surface area contributed by atoms with Crippen LogP contribution in [0.1, 0.15) is 28.1 Å². The first kappa shape index (κ1) is 31.6. The van der Waals surface area contributed by atoms with Gasteiger partial charge in [-0.3, -0.25) is 4.79 Å². The number of amides is 1. The van der Waals surface area contributed by atoms with Gasteiger partial charge in [0.1, 0.15) is 5.75 Å². The molecule has 0 saturated heterocycles. The molecule has 10 nitrogen and oxygen atoms in total. The minimum absolute atomic E-state index is 0.0801. The highest BCUT2D eigenvalue weighted by atomic mass is 28.3. The molecule has 0 saturated carbocycles. The van der Waals surface area contributed by atoms with Crippen LogP contribution in [-0.2, 0) is 0 Å². The molecule has 0 unspecified atom stereocenters. The van der Waals surface area contributed by atoms with Gasteiger partial charge in [0.2, 0.25) is 17.7 Å². The predicted molar refractivity (Wildman–Crippen MR) is 173 cm³/mol. The summed E-state index contributed by atoms with van der Waals surface area (Å²) in [5, 5.41) is 9.06. The summed E-state index contributed by atoms with van der Waals surface area (Å²) in [6.45, 7) is 15.7. The molecule has 1 aliphatic rings. The summed E-state index contributed by atoms with van der Waals surface area (Å²) in [4.78, 5) is 24.1. The second-order valence-electron chi connectivity index (χ2n) is 12.5. The number of nitrogens with zero attached hydrogens (tertiary/aromatic N) is 3. The number of benzene rings is 1. The van der Waals surface area contributed by atoms with E-state index in [2.05, 4.69) is 71.6 Å². The maximum absolute atomic E-state index is 13.2. The zero-order valence-electron chi connectivity index (χ0n) is 26.7. The van der Waals surface area contributed by atoms with Crippen LogP contribution in [0.3, 0.4) is 0 Å². The van der Waals surface area contributed by atoms with Crippen LogP contribution in [0.5, 0.6) is 23.5 Å². The summed E-state index contributed by atoms with van der Waals surface area (Å²) < 4.78 is 23.1. The third-order valence-electron chi connectivity index (χ3n) is 8.03. The zero-order valence-corrected chi connectivity index (χ0v) is 28.7. The van der Waals surface area contributed by atoms with E-state index in [1.165, 1.54) is 37.1 Å². The van der Waals surface area contributed by atoms with Crippen molar-refractivity contribution >= 4 is 44.1 Å². The molecule has 0 spiro atoms. The van der Waals surface area contributed by atoms with Crippen molar-refractivity contribution < 1.29 is 23.4 Å². The van der Waals surface area contributed by atoms with Crippen LogP contribution in [0, 0.1) is 13.8 Å². The largest absolute Gasteiger partial charge is 0.479 e. The van der Waals surface area contributed by atoms with Crippen LogP contribution in [-0.4, -0.2) is 78.3 Å². The Morgan fingerprint density at radius 2 is 1.67 bits per heavy atom. The topological polar surface area (TPSA) is 111 Å². The molecule has 1 amide bonds. The van der Waals surface area contributed by atoms with E-state index in [1.54, 1.807) is 17.3 Å². The molecule has 228 valence electrons. The first-order valence-electron chi connectivity index (χ1n) is 14.4. The monoisotopic (exact) mass is 611 g/mol. The lowest BCUT2D eigenvalue weighted by Gasteiger charge is -2.41. The number of carbonyl (C=O) groups is 1. The third kappa shape index (κ3) is 6.65. The van der Waals surface area contributed by atoms with Gasteiger partial charge >= 0.3 is 0 Å². The lowest BCUT2D eigenvalue weighted by molar-refractivity contribution is 0.0990. The molecular weight excluding hydrogens is 567 g/mol. The average molecular weight is 612 g/mol. The van der Waals surface area contributed by atoms with Crippen molar-refractivity contribution in [3.8, 4) is 23.5 Å². The summed E-state index contributed by atoms with van der Waals surface area (Å²) in [5.41, 5.74) is 2.50. The Labute approximate surface area is 251 Å². The Kier molecular flexibility index (Phi) is 9.38. The summed E-state index contributed by atoms with van der Waals surface area (Å²) in [6, 6.07) is 8.24. The van der Waals surface area contributed by atoms with E-state index in [1.807, 2.05) is 14.1 Å². The van der Waals surface area contributed by atoms with Gasteiger partial charge in [-0.25, -0.2) is 0 Å². The fourth-order valence-corrected chi connectivity index (χ4v) is 16.6. The molecule has 0 atom stereocenters. The number of furan rings is 1. The Morgan fingerprint density at radius 1 is 1.02 bits per heavy atom. The van der Waals surface area contributed by atoms with E-state index in [9.17, 15) is 4.79 Å². The lowest BCUT2D eigenvalue weighted by atomic mass is 10.1. The summed E-state index contributed by atoms with van der Waals surface area (Å²) >= 11 is 0. The smallest absolute Gasteiger partial charge is 0.291 e. The fraction of sp³-hybridized carbons (Fsp3) is 0.500. The Hall–Kier alpha value is -3.36. The molecule has 0 bridgehead atoms. The molecule has 3 aromatic rings. The minimum Gasteiger partial charge on any atom is -0.479 e. The van der Waals surface area contributed by atoms with Crippen molar-refractivity contribution in [3.63, 3.8) is 0 Å². The number of hydrogen-bond donors (Lipinski definition) is 2. The van der Waals surface area contributed by atoms with E-state index in [-0.39, 0.29) is 29.2 Å². The van der Waals surface area contributed by atoms with Crippen LogP contribution < -0.4 is 35.2 Å². The van der Waals surface area contributed by atoms with Gasteiger partial charge in [0, 0.05) is 12.6 Å². The Bertz CT molecular complexity index is 1430. The first-order chi connectivity index (χ1) is 19.8. The molecule has 4 rings (SSSR count). The van der Waals surface area contributed by atoms with Crippen molar-refractivity contribution in [2.24, 2.45) is 0 Å². The van der Waals surface area contributed by atoms with Crippen molar-refractivity contribution in [3.05, 3.63) is 35.1 Å². The van der Waals surface area contributed by atoms with E-state index >= 15 is 0 Å². The normalized spacial score (nSPS) is 15.2. The lowest BCUT2D eigenvalue weighted by Crippen LogP contribution is -2.64. The van der Waals surface area contributed by atoms with Gasteiger partial charge in [-0.05, 0) is 58.1 Å². The number of carbonyl (C=O) groups excluding carboxylic acids is 1. The zero-order chi connectivity index (χ0) is 30.8.